The van der Waals surface area contributed by atoms with Gasteiger partial charge < -0.3 is 9.32 Å². The van der Waals surface area contributed by atoms with Gasteiger partial charge in [0.25, 0.3) is 0 Å². The Morgan fingerprint density at radius 3 is 2.76 bits per heavy atom. The van der Waals surface area contributed by atoms with Gasteiger partial charge in [0.2, 0.25) is 11.1 Å². The molecule has 0 spiro atoms. The van der Waals surface area contributed by atoms with E-state index in [9.17, 15) is 9.59 Å². The lowest BCUT2D eigenvalue weighted by atomic mass is 9.90. The van der Waals surface area contributed by atoms with Crippen LogP contribution in [0.4, 0.5) is 5.95 Å². The number of allylic oxidation sites excluding steroid dienone is 1. The summed E-state index contributed by atoms with van der Waals surface area (Å²) in [6, 6.07) is 7.89. The van der Waals surface area contributed by atoms with Gasteiger partial charge in [-0.25, -0.2) is 9.97 Å². The number of hydrogen-bond donors (Lipinski definition) is 0. The third-order valence-corrected chi connectivity index (χ3v) is 7.33. The lowest BCUT2D eigenvalue weighted by Crippen LogP contribution is -2.35. The first kappa shape index (κ1) is 22.5. The highest BCUT2D eigenvalue weighted by molar-refractivity contribution is 8.18. The van der Waals surface area contributed by atoms with Crippen LogP contribution < -0.4 is 4.90 Å². The fourth-order valence-corrected chi connectivity index (χ4v) is 5.39. The van der Waals surface area contributed by atoms with E-state index >= 15 is 0 Å². The van der Waals surface area contributed by atoms with Crippen molar-refractivity contribution in [1.82, 2.24) is 15.0 Å². The number of pyridine rings is 1. The Bertz CT molecular complexity index is 1200. The summed E-state index contributed by atoms with van der Waals surface area (Å²) in [5, 5.41) is -0.103. The summed E-state index contributed by atoms with van der Waals surface area (Å²) >= 11 is 1.01. The Labute approximate surface area is 202 Å². The number of rotatable bonds is 7. The number of aromatic nitrogens is 3. The van der Waals surface area contributed by atoms with E-state index in [1.54, 1.807) is 30.9 Å². The fourth-order valence-electron chi connectivity index (χ4n) is 4.58. The molecule has 3 aromatic rings. The van der Waals surface area contributed by atoms with Crippen LogP contribution in [0.1, 0.15) is 43.4 Å². The SMILES string of the molecule is O=C1CC(=O)/C(=C/c2ccnc(N3CCC(CCCc4cccnc4-c4ccoc4)CC3)n2)S1. The smallest absolute Gasteiger partial charge is 0.225 e. The highest BCUT2D eigenvalue weighted by Crippen LogP contribution is 2.31. The third-order valence-electron chi connectivity index (χ3n) is 6.39. The van der Waals surface area contributed by atoms with E-state index in [2.05, 4.69) is 25.9 Å². The number of hydrogen-bond acceptors (Lipinski definition) is 8. The minimum absolute atomic E-state index is 0.0205. The first-order chi connectivity index (χ1) is 16.7. The molecule has 8 heteroatoms. The quantitative estimate of drug-likeness (QED) is 0.351. The largest absolute Gasteiger partial charge is 0.472 e. The van der Waals surface area contributed by atoms with Gasteiger partial charge in [0.15, 0.2) is 5.78 Å². The first-order valence-corrected chi connectivity index (χ1v) is 12.5. The van der Waals surface area contributed by atoms with Crippen LogP contribution in [-0.4, -0.2) is 38.9 Å². The molecule has 5 heterocycles. The lowest BCUT2D eigenvalue weighted by molar-refractivity contribution is -0.119. The third kappa shape index (κ3) is 5.28. The molecule has 0 radical (unpaired) electrons. The molecule has 0 aliphatic carbocycles. The van der Waals surface area contributed by atoms with Gasteiger partial charge in [-0.2, -0.15) is 0 Å². The summed E-state index contributed by atoms with van der Waals surface area (Å²) in [6.45, 7) is 1.84. The van der Waals surface area contributed by atoms with Gasteiger partial charge >= 0.3 is 0 Å². The number of piperidine rings is 1. The normalized spacial score (nSPS) is 18.2. The average Bonchev–Trinajstić information content (AvgIpc) is 3.50. The first-order valence-electron chi connectivity index (χ1n) is 11.7. The van der Waals surface area contributed by atoms with E-state index in [1.165, 1.54) is 12.0 Å². The molecule has 0 unspecified atom stereocenters. The van der Waals surface area contributed by atoms with Crippen molar-refractivity contribution in [2.45, 2.75) is 38.5 Å². The van der Waals surface area contributed by atoms with Crippen molar-refractivity contribution in [3.63, 3.8) is 0 Å². The van der Waals surface area contributed by atoms with E-state index < -0.39 is 0 Å². The Morgan fingerprint density at radius 2 is 2.00 bits per heavy atom. The molecule has 0 N–H and O–H groups in total. The number of carbonyl (C=O) groups is 2. The van der Waals surface area contributed by atoms with Crippen LogP contribution in [0.25, 0.3) is 17.3 Å². The zero-order valence-corrected chi connectivity index (χ0v) is 19.7. The Hall–Kier alpha value is -3.26. The molecule has 0 bridgehead atoms. The number of furan rings is 1. The van der Waals surface area contributed by atoms with Gasteiger partial charge in [-0.1, -0.05) is 6.07 Å². The summed E-state index contributed by atoms with van der Waals surface area (Å²) in [4.78, 5) is 39.7. The monoisotopic (exact) mass is 474 g/mol. The van der Waals surface area contributed by atoms with Crippen LogP contribution in [-0.2, 0) is 16.0 Å². The number of anilines is 1. The molecule has 0 aromatic carbocycles. The van der Waals surface area contributed by atoms with Gasteiger partial charge in [0.1, 0.15) is 0 Å². The topological polar surface area (TPSA) is 89.2 Å². The molecule has 0 amide bonds. The van der Waals surface area contributed by atoms with E-state index in [1.807, 2.05) is 18.3 Å². The van der Waals surface area contributed by atoms with Crippen LogP contribution in [0.15, 0.2) is 58.5 Å². The van der Waals surface area contributed by atoms with Crippen LogP contribution >= 0.6 is 11.8 Å². The maximum Gasteiger partial charge on any atom is 0.225 e. The highest BCUT2D eigenvalue weighted by atomic mass is 32.2. The molecule has 34 heavy (non-hydrogen) atoms. The van der Waals surface area contributed by atoms with E-state index in [-0.39, 0.29) is 17.3 Å². The van der Waals surface area contributed by atoms with Gasteiger partial charge in [-0.3, -0.25) is 14.6 Å². The van der Waals surface area contributed by atoms with Gasteiger partial charge in [-0.15, -0.1) is 0 Å². The molecule has 0 saturated carbocycles. The lowest BCUT2D eigenvalue weighted by Gasteiger charge is -2.32. The summed E-state index contributed by atoms with van der Waals surface area (Å²) in [5.41, 5.74) is 3.98. The van der Waals surface area contributed by atoms with Crippen LogP contribution in [0.2, 0.25) is 0 Å². The average molecular weight is 475 g/mol. The predicted octanol–water partition coefficient (Wildman–Crippen LogP) is 4.94. The second kappa shape index (κ2) is 10.3. The molecule has 5 rings (SSSR count). The van der Waals surface area contributed by atoms with E-state index in [4.69, 9.17) is 4.42 Å². The molecule has 3 aromatic heterocycles. The number of nitrogens with zero attached hydrogens (tertiary/aromatic N) is 4. The minimum atomic E-state index is -0.126. The van der Waals surface area contributed by atoms with E-state index in [0.717, 1.165) is 61.8 Å². The maximum absolute atomic E-state index is 11.9. The molecule has 2 aliphatic rings. The highest BCUT2D eigenvalue weighted by Gasteiger charge is 2.26. The van der Waals surface area contributed by atoms with Crippen molar-refractivity contribution in [2.24, 2.45) is 5.92 Å². The maximum atomic E-state index is 11.9. The van der Waals surface area contributed by atoms with Gasteiger partial charge in [-0.05, 0) is 79.6 Å². The number of Topliss-reactive ketones (excluding diaryl/α,β-unsaturated/α-hetero) is 1. The van der Waals surface area contributed by atoms with Gasteiger partial charge in [0.05, 0.1) is 35.2 Å². The van der Waals surface area contributed by atoms with Crippen molar-refractivity contribution in [1.29, 1.82) is 0 Å². The second-order valence-corrected chi connectivity index (χ2v) is 9.81. The zero-order chi connectivity index (χ0) is 23.3. The molecular weight excluding hydrogens is 448 g/mol. The Kier molecular flexibility index (Phi) is 6.85. The zero-order valence-electron chi connectivity index (χ0n) is 18.9. The van der Waals surface area contributed by atoms with Crippen molar-refractivity contribution in [3.8, 4) is 11.3 Å². The fraction of sp³-hybridized carbons (Fsp3) is 0.346. The number of aryl methyl sites for hydroxylation is 1. The van der Waals surface area contributed by atoms with Crippen molar-refractivity contribution >= 4 is 34.7 Å². The Morgan fingerprint density at radius 1 is 1.12 bits per heavy atom. The second-order valence-electron chi connectivity index (χ2n) is 8.71. The van der Waals surface area contributed by atoms with Crippen LogP contribution in [0, 0.1) is 5.92 Å². The molecule has 2 fully saturated rings. The summed E-state index contributed by atoms with van der Waals surface area (Å²) in [7, 11) is 0. The van der Waals surface area contributed by atoms with Gasteiger partial charge in [0, 0.05) is 31.0 Å². The van der Waals surface area contributed by atoms with Crippen molar-refractivity contribution in [3.05, 3.63) is 65.3 Å². The summed E-state index contributed by atoms with van der Waals surface area (Å²) < 4.78 is 5.23. The summed E-state index contributed by atoms with van der Waals surface area (Å²) in [5.74, 6) is 1.25. The molecule has 2 saturated heterocycles. The molecule has 174 valence electrons. The minimum Gasteiger partial charge on any atom is -0.472 e. The van der Waals surface area contributed by atoms with Crippen LogP contribution in [0.5, 0.6) is 0 Å². The predicted molar refractivity (Wildman–Crippen MR) is 132 cm³/mol. The van der Waals surface area contributed by atoms with E-state index in [0.29, 0.717) is 22.5 Å². The van der Waals surface area contributed by atoms with Crippen LogP contribution in [0.3, 0.4) is 0 Å². The number of ketones is 1. The molecule has 0 atom stereocenters. The van der Waals surface area contributed by atoms with Crippen molar-refractivity contribution in [2.75, 3.05) is 18.0 Å². The Balaban J connectivity index is 1.13. The number of thioether (sulfide) groups is 1. The molecule has 2 aliphatic heterocycles. The number of carbonyl (C=O) groups excluding carboxylic acids is 2. The molecular formula is C26H26N4O3S. The standard InChI is InChI=1S/C26H26N4O3S/c31-22-16-24(32)34-23(22)15-21-6-11-28-26(29-21)30-12-7-18(8-13-30)3-1-4-19-5-2-10-27-25(19)20-9-14-33-17-20/h2,5-6,9-11,14-15,17-18H,1,3-4,7-8,12-13,16H2/b23-15-. The summed E-state index contributed by atoms with van der Waals surface area (Å²) in [6.07, 6.45) is 14.2. The van der Waals surface area contributed by atoms with Crippen molar-refractivity contribution < 1.29 is 14.0 Å². The molecule has 7 nitrogen and oxygen atoms in total.